The topological polar surface area (TPSA) is 104 Å². The first-order valence-electron chi connectivity index (χ1n) is 12.7. The number of fused-ring (bicyclic) bond motifs is 1. The average molecular weight is 485 g/mol. The Morgan fingerprint density at radius 3 is 2.80 bits per heavy atom. The third-order valence-corrected chi connectivity index (χ3v) is 6.23. The van der Waals surface area contributed by atoms with Crippen molar-refractivity contribution in [2.75, 3.05) is 19.6 Å². The van der Waals surface area contributed by atoms with Crippen LogP contribution in [0.15, 0.2) is 30.3 Å². The van der Waals surface area contributed by atoms with E-state index >= 15 is 0 Å². The summed E-state index contributed by atoms with van der Waals surface area (Å²) in [6, 6.07) is 9.48. The molecule has 0 radical (unpaired) electrons. The number of carbonyl (C=O) groups is 2. The van der Waals surface area contributed by atoms with Crippen LogP contribution in [0.4, 0.5) is 4.79 Å². The van der Waals surface area contributed by atoms with Crippen LogP contribution in [-0.4, -0.2) is 58.3 Å². The van der Waals surface area contributed by atoms with E-state index < -0.39 is 11.7 Å². The first-order chi connectivity index (χ1) is 16.6. The van der Waals surface area contributed by atoms with Crippen molar-refractivity contribution in [3.63, 3.8) is 0 Å². The molecule has 1 fully saturated rings. The number of rotatable bonds is 8. The lowest BCUT2D eigenvalue weighted by Gasteiger charge is -2.32. The van der Waals surface area contributed by atoms with E-state index in [4.69, 9.17) is 4.74 Å². The summed E-state index contributed by atoms with van der Waals surface area (Å²) in [5.74, 6) is 0.251. The number of nitrogens with one attached hydrogen (secondary N) is 2. The van der Waals surface area contributed by atoms with Gasteiger partial charge in [0.05, 0.1) is 12.1 Å². The highest BCUT2D eigenvalue weighted by Gasteiger charge is 2.27. The van der Waals surface area contributed by atoms with Crippen molar-refractivity contribution in [2.45, 2.75) is 78.0 Å². The fourth-order valence-corrected chi connectivity index (χ4v) is 4.41. The van der Waals surface area contributed by atoms with Gasteiger partial charge in [-0.15, -0.1) is 0 Å². The molecular weight excluding hydrogens is 444 g/mol. The van der Waals surface area contributed by atoms with E-state index in [2.05, 4.69) is 15.6 Å². The molecule has 1 saturated heterocycles. The van der Waals surface area contributed by atoms with Gasteiger partial charge in [-0.2, -0.15) is 0 Å². The van der Waals surface area contributed by atoms with E-state index in [1.54, 1.807) is 6.07 Å². The summed E-state index contributed by atoms with van der Waals surface area (Å²) < 4.78 is 5.28. The molecule has 2 amide bonds. The van der Waals surface area contributed by atoms with Crippen LogP contribution in [0.5, 0.6) is 5.75 Å². The second kappa shape index (κ2) is 12.2. The molecule has 35 heavy (non-hydrogen) atoms. The van der Waals surface area contributed by atoms with Crippen molar-refractivity contribution in [2.24, 2.45) is 5.92 Å². The molecule has 0 spiro atoms. The zero-order chi connectivity index (χ0) is 25.4. The monoisotopic (exact) mass is 484 g/mol. The van der Waals surface area contributed by atoms with Crippen molar-refractivity contribution < 1.29 is 19.4 Å². The summed E-state index contributed by atoms with van der Waals surface area (Å²) in [5.41, 5.74) is 0.785. The number of nitrogens with zero attached hydrogens (tertiary/aromatic N) is 2. The van der Waals surface area contributed by atoms with E-state index in [1.807, 2.05) is 56.9 Å². The molecule has 2 heterocycles. The molecule has 8 nitrogen and oxygen atoms in total. The van der Waals surface area contributed by atoms with Gasteiger partial charge in [-0.25, -0.2) is 9.78 Å². The van der Waals surface area contributed by atoms with Crippen LogP contribution < -0.4 is 10.6 Å². The molecule has 192 valence electrons. The Hall–Kier alpha value is -2.87. The fraction of sp³-hybridized carbons (Fsp3) is 0.593. The van der Waals surface area contributed by atoms with Gasteiger partial charge in [0.1, 0.15) is 17.0 Å². The van der Waals surface area contributed by atoms with Gasteiger partial charge in [-0.1, -0.05) is 25.1 Å². The number of pyridine rings is 1. The number of para-hydroxylation sites is 1. The molecule has 0 aliphatic carbocycles. The highest BCUT2D eigenvalue weighted by molar-refractivity contribution is 5.80. The van der Waals surface area contributed by atoms with Gasteiger partial charge in [0.15, 0.2) is 0 Å². The lowest BCUT2D eigenvalue weighted by atomic mass is 10.0. The Balaban J connectivity index is 1.67. The minimum absolute atomic E-state index is 0.0519. The molecule has 2 atom stereocenters. The first-order valence-corrected chi connectivity index (χ1v) is 12.7. The standard InChI is InChI=1S/C27H40N4O4/c1-19(11-15-29-26(34)35-27(2,3)4)16-25(33)31(21-9-7-13-28-14-12-21)18-23-24(32)17-20-8-5-6-10-22(20)30-23/h5-6,8,10,17,19,21,28,32H,7,9,11-16,18H2,1-4H3,(H,29,34)/t19-,21?/m0/s1. The third-order valence-electron chi connectivity index (χ3n) is 6.23. The van der Waals surface area contributed by atoms with Gasteiger partial charge in [-0.3, -0.25) is 4.79 Å². The maximum atomic E-state index is 13.5. The van der Waals surface area contributed by atoms with Gasteiger partial charge in [0, 0.05) is 24.4 Å². The van der Waals surface area contributed by atoms with Crippen LogP contribution >= 0.6 is 0 Å². The average Bonchev–Trinajstić information content (AvgIpc) is 3.05. The third kappa shape index (κ3) is 8.38. The SMILES string of the molecule is C[C@@H](CCNC(=O)OC(C)(C)C)CC(=O)N(Cc1nc2ccccc2cc1O)C1CCCNCC1. The highest BCUT2D eigenvalue weighted by Crippen LogP contribution is 2.26. The zero-order valence-electron chi connectivity index (χ0n) is 21.5. The van der Waals surface area contributed by atoms with Gasteiger partial charge < -0.3 is 25.4 Å². The zero-order valence-corrected chi connectivity index (χ0v) is 21.5. The summed E-state index contributed by atoms with van der Waals surface area (Å²) in [5, 5.41) is 17.7. The second-order valence-electron chi connectivity index (χ2n) is 10.5. The minimum atomic E-state index is -0.540. The van der Waals surface area contributed by atoms with Gasteiger partial charge in [-0.05, 0) is 77.6 Å². The number of hydrogen-bond acceptors (Lipinski definition) is 6. The van der Waals surface area contributed by atoms with Crippen molar-refractivity contribution in [1.29, 1.82) is 0 Å². The smallest absolute Gasteiger partial charge is 0.407 e. The number of ether oxygens (including phenoxy) is 1. The molecule has 8 heteroatoms. The molecule has 3 N–H and O–H groups in total. The van der Waals surface area contributed by atoms with Crippen LogP contribution in [0.1, 0.15) is 65.5 Å². The largest absolute Gasteiger partial charge is 0.506 e. The number of amides is 2. The van der Waals surface area contributed by atoms with E-state index in [0.29, 0.717) is 25.1 Å². The number of hydrogen-bond donors (Lipinski definition) is 3. The lowest BCUT2D eigenvalue weighted by molar-refractivity contribution is -0.135. The van der Waals surface area contributed by atoms with E-state index in [1.165, 1.54) is 0 Å². The summed E-state index contributed by atoms with van der Waals surface area (Å²) in [7, 11) is 0. The molecule has 1 aliphatic rings. The highest BCUT2D eigenvalue weighted by atomic mass is 16.6. The lowest BCUT2D eigenvalue weighted by Crippen LogP contribution is -2.41. The molecule has 1 aromatic carbocycles. The van der Waals surface area contributed by atoms with E-state index in [0.717, 1.165) is 43.3 Å². The number of aromatic nitrogens is 1. The minimum Gasteiger partial charge on any atom is -0.506 e. The van der Waals surface area contributed by atoms with Crippen LogP contribution in [0.25, 0.3) is 10.9 Å². The second-order valence-corrected chi connectivity index (χ2v) is 10.5. The van der Waals surface area contributed by atoms with Crippen LogP contribution in [0.2, 0.25) is 0 Å². The van der Waals surface area contributed by atoms with Crippen molar-refractivity contribution >= 4 is 22.9 Å². The Labute approximate surface area is 208 Å². The predicted molar refractivity (Wildman–Crippen MR) is 137 cm³/mol. The molecule has 1 aliphatic heterocycles. The van der Waals surface area contributed by atoms with Gasteiger partial charge in [0.2, 0.25) is 5.91 Å². The Bertz CT molecular complexity index is 996. The molecular formula is C27H40N4O4. The summed E-state index contributed by atoms with van der Waals surface area (Å²) in [4.78, 5) is 32.0. The quantitative estimate of drug-likeness (QED) is 0.515. The molecule has 2 aromatic rings. The Morgan fingerprint density at radius 1 is 1.26 bits per heavy atom. The molecule has 1 unspecified atom stereocenters. The Kier molecular flexibility index (Phi) is 9.32. The Morgan fingerprint density at radius 2 is 2.03 bits per heavy atom. The van der Waals surface area contributed by atoms with Crippen molar-refractivity contribution in [3.8, 4) is 5.75 Å². The first kappa shape index (κ1) is 26.7. The summed E-state index contributed by atoms with van der Waals surface area (Å²) in [6.45, 7) is 10.0. The fourth-order valence-electron chi connectivity index (χ4n) is 4.41. The van der Waals surface area contributed by atoms with E-state index in [9.17, 15) is 14.7 Å². The normalized spacial score (nSPS) is 17.4. The van der Waals surface area contributed by atoms with Crippen LogP contribution in [-0.2, 0) is 16.1 Å². The van der Waals surface area contributed by atoms with Crippen molar-refractivity contribution in [3.05, 3.63) is 36.0 Å². The molecule has 0 bridgehead atoms. The number of carbonyl (C=O) groups excluding carboxylic acids is 2. The van der Waals surface area contributed by atoms with Crippen molar-refractivity contribution in [1.82, 2.24) is 20.5 Å². The number of aromatic hydroxyl groups is 1. The van der Waals surface area contributed by atoms with Crippen LogP contribution in [0, 0.1) is 5.92 Å². The maximum Gasteiger partial charge on any atom is 0.407 e. The number of benzene rings is 1. The molecule has 1 aromatic heterocycles. The maximum absolute atomic E-state index is 13.5. The number of alkyl carbamates (subject to hydrolysis) is 1. The summed E-state index contributed by atoms with van der Waals surface area (Å²) in [6.07, 6.45) is 3.39. The van der Waals surface area contributed by atoms with Gasteiger partial charge >= 0.3 is 6.09 Å². The molecule has 0 saturated carbocycles. The summed E-state index contributed by atoms with van der Waals surface area (Å²) >= 11 is 0. The molecule has 3 rings (SSSR count). The van der Waals surface area contributed by atoms with Gasteiger partial charge in [0.25, 0.3) is 0 Å². The van der Waals surface area contributed by atoms with E-state index in [-0.39, 0.29) is 30.2 Å². The predicted octanol–water partition coefficient (Wildman–Crippen LogP) is 4.35. The van der Waals surface area contributed by atoms with Crippen LogP contribution in [0.3, 0.4) is 0 Å².